The van der Waals surface area contributed by atoms with Crippen LogP contribution in [0.5, 0.6) is 0 Å². The summed E-state index contributed by atoms with van der Waals surface area (Å²) in [5, 5.41) is 3.59. The standard InChI is InChI=1S/C17H25NO/c1-3-18-17(16-8-5-11-19-13-16)10-9-15-7-4-6-14(2)12-15/h4,6-7,12-13,17-18H,3,5,8-11H2,1-2H3. The van der Waals surface area contributed by atoms with E-state index in [4.69, 9.17) is 4.74 Å². The Morgan fingerprint density at radius 2 is 2.26 bits per heavy atom. The summed E-state index contributed by atoms with van der Waals surface area (Å²) in [4.78, 5) is 0. The van der Waals surface area contributed by atoms with Crippen molar-refractivity contribution in [3.8, 4) is 0 Å². The third-order valence-corrected chi connectivity index (χ3v) is 3.66. The molecule has 2 nitrogen and oxygen atoms in total. The Morgan fingerprint density at radius 1 is 1.37 bits per heavy atom. The van der Waals surface area contributed by atoms with Crippen molar-refractivity contribution < 1.29 is 4.74 Å². The fourth-order valence-electron chi connectivity index (χ4n) is 2.68. The van der Waals surface area contributed by atoms with Crippen LogP contribution in [-0.4, -0.2) is 19.2 Å². The molecular weight excluding hydrogens is 234 g/mol. The van der Waals surface area contributed by atoms with Gasteiger partial charge in [-0.25, -0.2) is 0 Å². The zero-order chi connectivity index (χ0) is 13.5. The normalized spacial score (nSPS) is 16.6. The predicted molar refractivity (Wildman–Crippen MR) is 80.2 cm³/mol. The second kappa shape index (κ2) is 7.34. The molecule has 104 valence electrons. The van der Waals surface area contributed by atoms with Gasteiger partial charge in [-0.05, 0) is 50.3 Å². The summed E-state index contributed by atoms with van der Waals surface area (Å²) in [6.07, 6.45) is 6.57. The number of nitrogens with one attached hydrogen (secondary N) is 1. The van der Waals surface area contributed by atoms with Gasteiger partial charge in [0.1, 0.15) is 0 Å². The summed E-state index contributed by atoms with van der Waals surface area (Å²) in [6.45, 7) is 6.21. The first-order valence-corrected chi connectivity index (χ1v) is 7.39. The highest BCUT2D eigenvalue weighted by atomic mass is 16.5. The average molecular weight is 259 g/mol. The highest BCUT2D eigenvalue weighted by molar-refractivity contribution is 5.23. The summed E-state index contributed by atoms with van der Waals surface area (Å²) in [5.41, 5.74) is 4.21. The Kier molecular flexibility index (Phi) is 5.46. The fraction of sp³-hybridized carbons (Fsp3) is 0.529. The van der Waals surface area contributed by atoms with E-state index in [9.17, 15) is 0 Å². The van der Waals surface area contributed by atoms with Crippen molar-refractivity contribution in [1.82, 2.24) is 5.32 Å². The number of hydrogen-bond donors (Lipinski definition) is 1. The summed E-state index contributed by atoms with van der Waals surface area (Å²) >= 11 is 0. The Hall–Kier alpha value is -1.28. The molecule has 2 rings (SSSR count). The molecule has 0 spiro atoms. The number of hydrogen-bond acceptors (Lipinski definition) is 2. The predicted octanol–water partition coefficient (Wildman–Crippen LogP) is 3.60. The van der Waals surface area contributed by atoms with Gasteiger partial charge in [-0.3, -0.25) is 0 Å². The lowest BCUT2D eigenvalue weighted by Gasteiger charge is -2.24. The minimum atomic E-state index is 0.464. The maximum atomic E-state index is 5.48. The van der Waals surface area contributed by atoms with Crippen LogP contribution in [0.3, 0.4) is 0 Å². The number of aryl methyl sites for hydroxylation is 2. The first kappa shape index (κ1) is 14.1. The van der Waals surface area contributed by atoms with Crippen LogP contribution in [0.25, 0.3) is 0 Å². The van der Waals surface area contributed by atoms with E-state index in [1.165, 1.54) is 23.1 Å². The summed E-state index contributed by atoms with van der Waals surface area (Å²) < 4.78 is 5.48. The first-order valence-electron chi connectivity index (χ1n) is 7.39. The third-order valence-electron chi connectivity index (χ3n) is 3.66. The highest BCUT2D eigenvalue weighted by Crippen LogP contribution is 2.19. The van der Waals surface area contributed by atoms with Crippen molar-refractivity contribution in [2.24, 2.45) is 0 Å². The highest BCUT2D eigenvalue weighted by Gasteiger charge is 2.16. The van der Waals surface area contributed by atoms with Crippen LogP contribution in [0, 0.1) is 6.92 Å². The third kappa shape index (κ3) is 4.39. The van der Waals surface area contributed by atoms with Crippen LogP contribution in [0.4, 0.5) is 0 Å². The molecule has 0 aliphatic carbocycles. The fourth-order valence-corrected chi connectivity index (χ4v) is 2.68. The maximum absolute atomic E-state index is 5.48. The van der Waals surface area contributed by atoms with E-state index in [0.29, 0.717) is 6.04 Å². The van der Waals surface area contributed by atoms with E-state index in [2.05, 4.69) is 43.4 Å². The quantitative estimate of drug-likeness (QED) is 0.843. The van der Waals surface area contributed by atoms with E-state index in [1.54, 1.807) is 0 Å². The second-order valence-electron chi connectivity index (χ2n) is 5.31. The van der Waals surface area contributed by atoms with Crippen LogP contribution in [0.2, 0.25) is 0 Å². The number of benzene rings is 1. The van der Waals surface area contributed by atoms with E-state index >= 15 is 0 Å². The van der Waals surface area contributed by atoms with E-state index in [-0.39, 0.29) is 0 Å². The zero-order valence-corrected chi connectivity index (χ0v) is 12.1. The summed E-state index contributed by atoms with van der Waals surface area (Å²) in [7, 11) is 0. The molecule has 0 amide bonds. The minimum absolute atomic E-state index is 0.464. The van der Waals surface area contributed by atoms with Gasteiger partial charge in [-0.1, -0.05) is 36.8 Å². The van der Waals surface area contributed by atoms with Gasteiger partial charge in [0.05, 0.1) is 12.9 Å². The molecule has 1 heterocycles. The molecule has 1 unspecified atom stereocenters. The van der Waals surface area contributed by atoms with Gasteiger partial charge in [0.2, 0.25) is 0 Å². The molecule has 0 saturated heterocycles. The van der Waals surface area contributed by atoms with Crippen LogP contribution >= 0.6 is 0 Å². The van der Waals surface area contributed by atoms with Crippen molar-refractivity contribution >= 4 is 0 Å². The molecule has 1 atom stereocenters. The van der Waals surface area contributed by atoms with Crippen LogP contribution in [-0.2, 0) is 11.2 Å². The molecule has 1 aromatic rings. The number of ether oxygens (including phenoxy) is 1. The molecule has 19 heavy (non-hydrogen) atoms. The molecular formula is C17H25NO. The van der Waals surface area contributed by atoms with Crippen molar-refractivity contribution in [3.63, 3.8) is 0 Å². The van der Waals surface area contributed by atoms with Crippen LogP contribution in [0.15, 0.2) is 36.1 Å². The molecule has 0 radical (unpaired) electrons. The van der Waals surface area contributed by atoms with Gasteiger partial charge >= 0.3 is 0 Å². The molecule has 0 bridgehead atoms. The van der Waals surface area contributed by atoms with Gasteiger partial charge < -0.3 is 10.1 Å². The van der Waals surface area contributed by atoms with Gasteiger partial charge in [-0.2, -0.15) is 0 Å². The average Bonchev–Trinajstić information content (AvgIpc) is 2.44. The minimum Gasteiger partial charge on any atom is -0.501 e. The lowest BCUT2D eigenvalue weighted by molar-refractivity contribution is 0.218. The Balaban J connectivity index is 1.95. The van der Waals surface area contributed by atoms with E-state index < -0.39 is 0 Å². The largest absolute Gasteiger partial charge is 0.501 e. The van der Waals surface area contributed by atoms with Crippen LogP contribution < -0.4 is 5.32 Å². The van der Waals surface area contributed by atoms with Crippen LogP contribution in [0.1, 0.15) is 37.3 Å². The zero-order valence-electron chi connectivity index (χ0n) is 12.1. The molecule has 1 aliphatic rings. The number of rotatable bonds is 6. The van der Waals surface area contributed by atoms with Gasteiger partial charge in [-0.15, -0.1) is 0 Å². The Morgan fingerprint density at radius 3 is 2.95 bits per heavy atom. The van der Waals surface area contributed by atoms with E-state index in [1.807, 2.05) is 6.26 Å². The van der Waals surface area contributed by atoms with Crippen molar-refractivity contribution in [2.45, 2.75) is 45.6 Å². The van der Waals surface area contributed by atoms with Crippen molar-refractivity contribution in [1.29, 1.82) is 0 Å². The molecule has 0 fully saturated rings. The smallest absolute Gasteiger partial charge is 0.0876 e. The lowest BCUT2D eigenvalue weighted by atomic mass is 9.95. The molecule has 0 saturated carbocycles. The molecule has 2 heteroatoms. The van der Waals surface area contributed by atoms with Gasteiger partial charge in [0, 0.05) is 6.04 Å². The SMILES string of the molecule is CCNC(CCc1cccc(C)c1)C1=COCCC1. The summed E-state index contributed by atoms with van der Waals surface area (Å²) in [5.74, 6) is 0. The van der Waals surface area contributed by atoms with Crippen molar-refractivity contribution in [2.75, 3.05) is 13.2 Å². The van der Waals surface area contributed by atoms with Gasteiger partial charge in [0.15, 0.2) is 0 Å². The molecule has 1 N–H and O–H groups in total. The monoisotopic (exact) mass is 259 g/mol. The maximum Gasteiger partial charge on any atom is 0.0876 e. The molecule has 1 aliphatic heterocycles. The lowest BCUT2D eigenvalue weighted by Crippen LogP contribution is -2.32. The second-order valence-corrected chi connectivity index (χ2v) is 5.31. The molecule has 0 aromatic heterocycles. The summed E-state index contributed by atoms with van der Waals surface area (Å²) in [6, 6.07) is 9.28. The van der Waals surface area contributed by atoms with E-state index in [0.717, 1.165) is 32.4 Å². The Bertz CT molecular complexity index is 425. The van der Waals surface area contributed by atoms with Gasteiger partial charge in [0.25, 0.3) is 0 Å². The topological polar surface area (TPSA) is 21.3 Å². The first-order chi connectivity index (χ1) is 9.29. The Labute approximate surface area is 116 Å². The number of likely N-dealkylation sites (N-methyl/N-ethyl adjacent to an activating group) is 1. The van der Waals surface area contributed by atoms with Crippen molar-refractivity contribution in [3.05, 3.63) is 47.2 Å². The molecule has 1 aromatic carbocycles.